The molecule has 4 N–H and O–H groups in total. The topological polar surface area (TPSA) is 79.5 Å². The zero-order valence-corrected chi connectivity index (χ0v) is 15.8. The quantitative estimate of drug-likeness (QED) is 0.386. The summed E-state index contributed by atoms with van der Waals surface area (Å²) in [4.78, 5) is 15.7. The summed E-state index contributed by atoms with van der Waals surface area (Å²) < 4.78 is 13.0. The van der Waals surface area contributed by atoms with Gasteiger partial charge in [0, 0.05) is 11.4 Å². The van der Waals surface area contributed by atoms with Crippen molar-refractivity contribution < 1.29 is 9.18 Å². The second kappa shape index (κ2) is 9.21. The number of hydrogen-bond acceptors (Lipinski definition) is 2. The lowest BCUT2D eigenvalue weighted by atomic mass is 10.1. The van der Waals surface area contributed by atoms with Crippen LogP contribution >= 0.6 is 24.0 Å². The van der Waals surface area contributed by atoms with Gasteiger partial charge in [-0.05, 0) is 55.3 Å². The van der Waals surface area contributed by atoms with Crippen molar-refractivity contribution >= 4 is 47.2 Å². The van der Waals surface area contributed by atoms with Gasteiger partial charge >= 0.3 is 0 Å². The molecule has 0 aliphatic rings. The molecule has 1 amide bonds. The molecule has 24 heavy (non-hydrogen) atoms. The number of anilines is 2. The third kappa shape index (κ3) is 6.53. The molecule has 0 aromatic heterocycles. The molecule has 0 unspecified atom stereocenters. The van der Waals surface area contributed by atoms with E-state index in [1.165, 1.54) is 18.2 Å². The van der Waals surface area contributed by atoms with E-state index >= 15 is 0 Å². The van der Waals surface area contributed by atoms with E-state index in [-0.39, 0.29) is 42.4 Å². The summed E-state index contributed by atoms with van der Waals surface area (Å²) in [6, 6.07) is 11.6. The molecule has 2 aromatic rings. The van der Waals surface area contributed by atoms with Gasteiger partial charge in [0.25, 0.3) is 0 Å². The number of nitrogens with one attached hydrogen (secondary N) is 2. The molecule has 128 valence electrons. The van der Waals surface area contributed by atoms with Crippen molar-refractivity contribution in [3.05, 3.63) is 59.4 Å². The monoisotopic (exact) mass is 442 g/mol. The number of carbonyl (C=O) groups is 1. The first kappa shape index (κ1) is 19.9. The molecule has 0 aliphatic carbocycles. The van der Waals surface area contributed by atoms with E-state index in [0.29, 0.717) is 5.69 Å². The summed E-state index contributed by atoms with van der Waals surface area (Å²) in [6.45, 7) is 3.82. The Morgan fingerprint density at radius 2 is 1.75 bits per heavy atom. The Bertz CT molecular complexity index is 729. The van der Waals surface area contributed by atoms with Crippen molar-refractivity contribution in [1.29, 1.82) is 0 Å². The maximum atomic E-state index is 13.0. The largest absolute Gasteiger partial charge is 0.370 e. The molecular formula is C17H20FIN4O. The van der Waals surface area contributed by atoms with Crippen LogP contribution in [0.1, 0.15) is 11.1 Å². The third-order valence-corrected chi connectivity index (χ3v) is 3.00. The maximum Gasteiger partial charge on any atom is 0.246 e. The fourth-order valence-electron chi connectivity index (χ4n) is 2.16. The van der Waals surface area contributed by atoms with Crippen LogP contribution in [-0.2, 0) is 4.79 Å². The predicted molar refractivity (Wildman–Crippen MR) is 106 cm³/mol. The SMILES string of the molecule is Cc1cc(C)cc(NC(N)=NCC(=O)Nc2cccc(F)c2)c1.I. The number of nitrogens with zero attached hydrogens (tertiary/aromatic N) is 1. The van der Waals surface area contributed by atoms with Crippen molar-refractivity contribution in [2.45, 2.75) is 13.8 Å². The number of rotatable bonds is 4. The minimum atomic E-state index is -0.415. The van der Waals surface area contributed by atoms with Crippen molar-refractivity contribution in [3.8, 4) is 0 Å². The molecule has 0 saturated heterocycles. The van der Waals surface area contributed by atoms with E-state index in [4.69, 9.17) is 5.73 Å². The first-order valence-corrected chi connectivity index (χ1v) is 7.13. The van der Waals surface area contributed by atoms with Crippen LogP contribution in [0.2, 0.25) is 0 Å². The van der Waals surface area contributed by atoms with Gasteiger partial charge < -0.3 is 16.4 Å². The summed E-state index contributed by atoms with van der Waals surface area (Å²) in [5.74, 6) is -0.646. The van der Waals surface area contributed by atoms with Crippen LogP contribution in [0.5, 0.6) is 0 Å². The van der Waals surface area contributed by atoms with Crippen molar-refractivity contribution in [2.24, 2.45) is 10.7 Å². The van der Waals surface area contributed by atoms with Crippen LogP contribution in [0, 0.1) is 19.7 Å². The number of guanidine groups is 1. The summed E-state index contributed by atoms with van der Waals surface area (Å²) in [5.41, 5.74) is 9.17. The first-order chi connectivity index (χ1) is 10.9. The summed E-state index contributed by atoms with van der Waals surface area (Å²) in [7, 11) is 0. The van der Waals surface area contributed by atoms with E-state index in [2.05, 4.69) is 15.6 Å². The number of halogens is 2. The van der Waals surface area contributed by atoms with E-state index in [0.717, 1.165) is 16.8 Å². The van der Waals surface area contributed by atoms with Crippen LogP contribution in [0.25, 0.3) is 0 Å². The Hall–Kier alpha value is -2.16. The highest BCUT2D eigenvalue weighted by Gasteiger charge is 2.03. The second-order valence-corrected chi connectivity index (χ2v) is 5.26. The van der Waals surface area contributed by atoms with E-state index < -0.39 is 5.82 Å². The Morgan fingerprint density at radius 1 is 1.08 bits per heavy atom. The summed E-state index contributed by atoms with van der Waals surface area (Å²) >= 11 is 0. The van der Waals surface area contributed by atoms with Gasteiger partial charge in [-0.25, -0.2) is 9.38 Å². The molecule has 2 aromatic carbocycles. The molecule has 0 spiro atoms. The molecule has 0 heterocycles. The second-order valence-electron chi connectivity index (χ2n) is 5.26. The molecule has 7 heteroatoms. The lowest BCUT2D eigenvalue weighted by Gasteiger charge is -2.08. The Morgan fingerprint density at radius 3 is 2.38 bits per heavy atom. The number of amides is 1. The normalized spacial score (nSPS) is 10.7. The minimum absolute atomic E-state index is 0. The zero-order chi connectivity index (χ0) is 16.8. The van der Waals surface area contributed by atoms with E-state index in [1.54, 1.807) is 6.07 Å². The fraction of sp³-hybridized carbons (Fsp3) is 0.176. The van der Waals surface area contributed by atoms with Gasteiger partial charge in [-0.3, -0.25) is 4.79 Å². The van der Waals surface area contributed by atoms with Gasteiger partial charge in [0.05, 0.1) is 0 Å². The Labute approximate surface area is 157 Å². The fourth-order valence-corrected chi connectivity index (χ4v) is 2.16. The lowest BCUT2D eigenvalue weighted by Crippen LogP contribution is -2.25. The predicted octanol–water partition coefficient (Wildman–Crippen LogP) is 3.43. The smallest absolute Gasteiger partial charge is 0.246 e. The van der Waals surface area contributed by atoms with E-state index in [1.807, 2.05) is 32.0 Å². The molecule has 0 radical (unpaired) electrons. The zero-order valence-electron chi connectivity index (χ0n) is 13.5. The number of hydrogen-bond donors (Lipinski definition) is 3. The highest BCUT2D eigenvalue weighted by Crippen LogP contribution is 2.13. The first-order valence-electron chi connectivity index (χ1n) is 7.13. The number of benzene rings is 2. The number of nitrogens with two attached hydrogens (primary N) is 1. The van der Waals surface area contributed by atoms with Crippen LogP contribution < -0.4 is 16.4 Å². The van der Waals surface area contributed by atoms with Crippen molar-refractivity contribution in [2.75, 3.05) is 17.2 Å². The highest BCUT2D eigenvalue weighted by atomic mass is 127. The summed E-state index contributed by atoms with van der Waals surface area (Å²) in [5, 5.41) is 5.49. The number of carbonyl (C=O) groups excluding carboxylic acids is 1. The number of aliphatic imine (C=N–C) groups is 1. The Kier molecular flexibility index (Phi) is 7.63. The van der Waals surface area contributed by atoms with Gasteiger partial charge in [0.15, 0.2) is 5.96 Å². The van der Waals surface area contributed by atoms with Crippen LogP contribution in [-0.4, -0.2) is 18.4 Å². The van der Waals surface area contributed by atoms with Gasteiger partial charge in [-0.15, -0.1) is 24.0 Å². The van der Waals surface area contributed by atoms with Crippen molar-refractivity contribution in [3.63, 3.8) is 0 Å². The van der Waals surface area contributed by atoms with Crippen molar-refractivity contribution in [1.82, 2.24) is 0 Å². The molecule has 5 nitrogen and oxygen atoms in total. The Balaban J connectivity index is 0.00000288. The van der Waals surface area contributed by atoms with Gasteiger partial charge in [-0.2, -0.15) is 0 Å². The average molecular weight is 442 g/mol. The maximum absolute atomic E-state index is 13.0. The number of aryl methyl sites for hydroxylation is 2. The summed E-state index contributed by atoms with van der Waals surface area (Å²) in [6.07, 6.45) is 0. The van der Waals surface area contributed by atoms with Crippen LogP contribution in [0.15, 0.2) is 47.5 Å². The molecular weight excluding hydrogens is 422 g/mol. The third-order valence-electron chi connectivity index (χ3n) is 3.00. The molecule has 0 atom stereocenters. The molecule has 2 rings (SSSR count). The van der Waals surface area contributed by atoms with Gasteiger partial charge in [0.1, 0.15) is 12.4 Å². The standard InChI is InChI=1S/C17H19FN4O.HI/c1-11-6-12(2)8-15(7-11)22-17(19)20-10-16(23)21-14-5-3-4-13(18)9-14;/h3-9H,10H2,1-2H3,(H,21,23)(H3,19,20,22);1H. The highest BCUT2D eigenvalue weighted by molar-refractivity contribution is 14.0. The molecule has 0 fully saturated rings. The minimum Gasteiger partial charge on any atom is -0.370 e. The van der Waals surface area contributed by atoms with Gasteiger partial charge in [-0.1, -0.05) is 12.1 Å². The lowest BCUT2D eigenvalue weighted by molar-refractivity contribution is -0.114. The van der Waals surface area contributed by atoms with E-state index in [9.17, 15) is 9.18 Å². The average Bonchev–Trinajstić information content (AvgIpc) is 2.44. The van der Waals surface area contributed by atoms with Crippen LogP contribution in [0.3, 0.4) is 0 Å². The molecule has 0 bridgehead atoms. The molecule has 0 saturated carbocycles. The molecule has 0 aliphatic heterocycles. The van der Waals surface area contributed by atoms with Gasteiger partial charge in [0.2, 0.25) is 5.91 Å². The van der Waals surface area contributed by atoms with Crippen LogP contribution in [0.4, 0.5) is 15.8 Å².